The van der Waals surface area contributed by atoms with Gasteiger partial charge in [-0.3, -0.25) is 0 Å². The summed E-state index contributed by atoms with van der Waals surface area (Å²) in [6.45, 7) is 7.18. The van der Waals surface area contributed by atoms with Crippen LogP contribution in [0.25, 0.3) is 0 Å². The number of likely N-dealkylation sites (N-methyl/N-ethyl adjacent to an activating group) is 1. The standard InChI is InChI=1S/C18H21ClFN/c1-4-21-18(14-8-9-17(20)16(19)10-14)11-15-12(2)6-5-7-13(15)3/h5-10,18,21H,4,11H2,1-3H3. The number of halogens is 2. The molecule has 0 heterocycles. The van der Waals surface area contributed by atoms with Crippen LogP contribution in [0.1, 0.15) is 35.2 Å². The Hall–Kier alpha value is -1.38. The summed E-state index contributed by atoms with van der Waals surface area (Å²) in [7, 11) is 0. The summed E-state index contributed by atoms with van der Waals surface area (Å²) >= 11 is 5.92. The molecule has 1 N–H and O–H groups in total. The lowest BCUT2D eigenvalue weighted by molar-refractivity contribution is 0.545. The maximum Gasteiger partial charge on any atom is 0.141 e. The van der Waals surface area contributed by atoms with Gasteiger partial charge in [-0.1, -0.05) is 42.8 Å². The highest BCUT2D eigenvalue weighted by Crippen LogP contribution is 2.26. The number of hydrogen-bond donors (Lipinski definition) is 1. The van der Waals surface area contributed by atoms with Crippen LogP contribution >= 0.6 is 11.6 Å². The molecule has 0 aliphatic heterocycles. The Morgan fingerprint density at radius 3 is 2.38 bits per heavy atom. The van der Waals surface area contributed by atoms with Crippen molar-refractivity contribution < 1.29 is 4.39 Å². The van der Waals surface area contributed by atoms with Crippen molar-refractivity contribution in [3.63, 3.8) is 0 Å². The summed E-state index contributed by atoms with van der Waals surface area (Å²) in [4.78, 5) is 0. The first-order valence-corrected chi connectivity index (χ1v) is 7.64. The van der Waals surface area contributed by atoms with Gasteiger partial charge in [0.25, 0.3) is 0 Å². The molecular weight excluding hydrogens is 285 g/mol. The minimum atomic E-state index is -0.372. The van der Waals surface area contributed by atoms with E-state index in [0.717, 1.165) is 18.5 Å². The molecule has 0 saturated carbocycles. The van der Waals surface area contributed by atoms with Crippen LogP contribution in [0, 0.1) is 19.7 Å². The molecule has 0 bridgehead atoms. The summed E-state index contributed by atoms with van der Waals surface area (Å²) in [6.07, 6.45) is 0.869. The van der Waals surface area contributed by atoms with Crippen molar-refractivity contribution in [1.29, 1.82) is 0 Å². The van der Waals surface area contributed by atoms with Gasteiger partial charge in [-0.25, -0.2) is 4.39 Å². The molecule has 1 nitrogen and oxygen atoms in total. The molecule has 0 amide bonds. The van der Waals surface area contributed by atoms with Crippen LogP contribution in [0.2, 0.25) is 5.02 Å². The summed E-state index contributed by atoms with van der Waals surface area (Å²) in [5.74, 6) is -0.372. The van der Waals surface area contributed by atoms with Crippen molar-refractivity contribution in [2.75, 3.05) is 6.54 Å². The Bertz CT molecular complexity index is 604. The molecule has 0 aliphatic carbocycles. The highest BCUT2D eigenvalue weighted by molar-refractivity contribution is 6.30. The minimum Gasteiger partial charge on any atom is -0.310 e. The lowest BCUT2D eigenvalue weighted by Crippen LogP contribution is -2.23. The molecule has 0 spiro atoms. The van der Waals surface area contributed by atoms with Crippen molar-refractivity contribution in [3.05, 3.63) is 69.5 Å². The Kier molecular flexibility index (Phi) is 5.38. The number of rotatable bonds is 5. The molecule has 0 saturated heterocycles. The van der Waals surface area contributed by atoms with Gasteiger partial charge < -0.3 is 5.32 Å². The molecule has 1 unspecified atom stereocenters. The smallest absolute Gasteiger partial charge is 0.141 e. The third-order valence-electron chi connectivity index (χ3n) is 3.85. The van der Waals surface area contributed by atoms with Gasteiger partial charge in [0.05, 0.1) is 5.02 Å². The third-order valence-corrected chi connectivity index (χ3v) is 4.14. The Morgan fingerprint density at radius 1 is 1.14 bits per heavy atom. The number of hydrogen-bond acceptors (Lipinski definition) is 1. The average molecular weight is 306 g/mol. The van der Waals surface area contributed by atoms with Gasteiger partial charge in [0.1, 0.15) is 5.82 Å². The van der Waals surface area contributed by atoms with Gasteiger partial charge in [-0.05, 0) is 61.2 Å². The molecule has 0 aromatic heterocycles. The van der Waals surface area contributed by atoms with Gasteiger partial charge >= 0.3 is 0 Å². The second kappa shape index (κ2) is 7.06. The maximum atomic E-state index is 13.4. The topological polar surface area (TPSA) is 12.0 Å². The predicted molar refractivity (Wildman–Crippen MR) is 87.4 cm³/mol. The minimum absolute atomic E-state index is 0.132. The van der Waals surface area contributed by atoms with E-state index in [4.69, 9.17) is 11.6 Å². The first-order chi connectivity index (χ1) is 10.0. The normalized spacial score (nSPS) is 12.4. The molecule has 2 aromatic rings. The molecule has 0 fully saturated rings. The average Bonchev–Trinajstić information content (AvgIpc) is 2.45. The Balaban J connectivity index is 2.33. The summed E-state index contributed by atoms with van der Waals surface area (Å²) in [5.41, 5.74) is 4.92. The van der Waals surface area contributed by atoms with Crippen molar-refractivity contribution in [2.24, 2.45) is 0 Å². The lowest BCUT2D eigenvalue weighted by atomic mass is 9.93. The van der Waals surface area contributed by atoms with Gasteiger partial charge in [0.2, 0.25) is 0 Å². The van der Waals surface area contributed by atoms with Crippen LogP contribution in [-0.4, -0.2) is 6.54 Å². The number of nitrogens with one attached hydrogen (secondary N) is 1. The molecule has 112 valence electrons. The molecule has 0 radical (unpaired) electrons. The number of aryl methyl sites for hydroxylation is 2. The van der Waals surface area contributed by atoms with E-state index in [1.165, 1.54) is 22.8 Å². The molecular formula is C18H21ClFN. The summed E-state index contributed by atoms with van der Waals surface area (Å²) < 4.78 is 13.4. The van der Waals surface area contributed by atoms with E-state index in [1.807, 2.05) is 6.07 Å². The molecule has 1 atom stereocenters. The highest BCUT2D eigenvalue weighted by Gasteiger charge is 2.15. The first-order valence-electron chi connectivity index (χ1n) is 7.26. The van der Waals surface area contributed by atoms with E-state index in [9.17, 15) is 4.39 Å². The van der Waals surface area contributed by atoms with Crippen LogP contribution in [0.15, 0.2) is 36.4 Å². The number of benzene rings is 2. The monoisotopic (exact) mass is 305 g/mol. The predicted octanol–water partition coefficient (Wildman–Crippen LogP) is 4.99. The molecule has 2 aromatic carbocycles. The van der Waals surface area contributed by atoms with E-state index in [1.54, 1.807) is 6.07 Å². The third kappa shape index (κ3) is 3.84. The molecule has 2 rings (SSSR count). The maximum absolute atomic E-state index is 13.4. The fourth-order valence-corrected chi connectivity index (χ4v) is 2.85. The van der Waals surface area contributed by atoms with Gasteiger partial charge in [-0.15, -0.1) is 0 Å². The van der Waals surface area contributed by atoms with Crippen LogP contribution in [-0.2, 0) is 6.42 Å². The van der Waals surface area contributed by atoms with Gasteiger partial charge in [-0.2, -0.15) is 0 Å². The molecule has 21 heavy (non-hydrogen) atoms. The van der Waals surface area contributed by atoms with E-state index in [0.29, 0.717) is 0 Å². The fraction of sp³-hybridized carbons (Fsp3) is 0.333. The van der Waals surface area contributed by atoms with E-state index in [-0.39, 0.29) is 16.9 Å². The van der Waals surface area contributed by atoms with Crippen LogP contribution in [0.5, 0.6) is 0 Å². The molecule has 0 aliphatic rings. The largest absolute Gasteiger partial charge is 0.310 e. The highest BCUT2D eigenvalue weighted by atomic mass is 35.5. The SMILES string of the molecule is CCNC(Cc1c(C)cccc1C)c1ccc(F)c(Cl)c1. The van der Waals surface area contributed by atoms with Crippen LogP contribution in [0.3, 0.4) is 0 Å². The van der Waals surface area contributed by atoms with Crippen molar-refractivity contribution in [1.82, 2.24) is 5.32 Å². The van der Waals surface area contributed by atoms with Crippen molar-refractivity contribution >= 4 is 11.6 Å². The zero-order valence-electron chi connectivity index (χ0n) is 12.7. The lowest BCUT2D eigenvalue weighted by Gasteiger charge is -2.21. The van der Waals surface area contributed by atoms with Crippen molar-refractivity contribution in [2.45, 2.75) is 33.2 Å². The van der Waals surface area contributed by atoms with E-state index < -0.39 is 0 Å². The van der Waals surface area contributed by atoms with E-state index in [2.05, 4.69) is 44.3 Å². The molecule has 3 heteroatoms. The van der Waals surface area contributed by atoms with E-state index >= 15 is 0 Å². The van der Waals surface area contributed by atoms with Crippen LogP contribution in [0.4, 0.5) is 4.39 Å². The zero-order valence-corrected chi connectivity index (χ0v) is 13.5. The van der Waals surface area contributed by atoms with Gasteiger partial charge in [0, 0.05) is 6.04 Å². The second-order valence-electron chi connectivity index (χ2n) is 5.36. The Morgan fingerprint density at radius 2 is 1.81 bits per heavy atom. The second-order valence-corrected chi connectivity index (χ2v) is 5.77. The Labute approximate surface area is 131 Å². The fourth-order valence-electron chi connectivity index (χ4n) is 2.66. The van der Waals surface area contributed by atoms with Crippen molar-refractivity contribution in [3.8, 4) is 0 Å². The zero-order chi connectivity index (χ0) is 15.4. The summed E-state index contributed by atoms with van der Waals surface area (Å²) in [5, 5.41) is 3.65. The quantitative estimate of drug-likeness (QED) is 0.820. The van der Waals surface area contributed by atoms with Crippen LogP contribution < -0.4 is 5.32 Å². The first kappa shape index (κ1) is 16.0. The van der Waals surface area contributed by atoms with Gasteiger partial charge in [0.15, 0.2) is 0 Å². The summed E-state index contributed by atoms with van der Waals surface area (Å²) in [6, 6.07) is 11.4.